The summed E-state index contributed by atoms with van der Waals surface area (Å²) < 4.78 is 0.477. The fraction of sp³-hybridized carbons (Fsp3) is 0.333. The molecule has 0 unspecified atom stereocenters. The van der Waals surface area contributed by atoms with E-state index in [1.54, 1.807) is 12.3 Å². The number of aryl methyl sites for hydroxylation is 1. The van der Waals surface area contributed by atoms with Crippen LogP contribution < -0.4 is 5.56 Å². The number of carboxylic acid groups (broad SMARTS) is 1. The van der Waals surface area contributed by atoms with E-state index in [1.807, 2.05) is 0 Å². The lowest BCUT2D eigenvalue weighted by Crippen LogP contribution is -2.06. The van der Waals surface area contributed by atoms with Crippen LogP contribution in [0.15, 0.2) is 21.5 Å². The van der Waals surface area contributed by atoms with Crippen LogP contribution in [0.3, 0.4) is 0 Å². The molecule has 0 bridgehead atoms. The minimum absolute atomic E-state index is 0.150. The standard InChI is InChI=1S/C9H10BrNO3/c10-7-4-6(5-11-9(7)14)2-1-3-8(12)13/h4-5H,1-3H2,(H,11,14)(H,12,13). The zero-order valence-electron chi connectivity index (χ0n) is 7.42. The molecule has 2 N–H and O–H groups in total. The predicted octanol–water partition coefficient (Wildman–Crippen LogP) is 1.54. The summed E-state index contributed by atoms with van der Waals surface area (Å²) in [7, 11) is 0. The van der Waals surface area contributed by atoms with Gasteiger partial charge in [-0.2, -0.15) is 0 Å². The van der Waals surface area contributed by atoms with Gasteiger partial charge in [0.05, 0.1) is 4.47 Å². The number of H-pyrrole nitrogens is 1. The summed E-state index contributed by atoms with van der Waals surface area (Å²) in [5, 5.41) is 8.42. The van der Waals surface area contributed by atoms with Gasteiger partial charge in [-0.15, -0.1) is 0 Å². The molecule has 0 aliphatic heterocycles. The Morgan fingerprint density at radius 3 is 2.86 bits per heavy atom. The van der Waals surface area contributed by atoms with Crippen LogP contribution >= 0.6 is 15.9 Å². The number of nitrogens with one attached hydrogen (secondary N) is 1. The highest BCUT2D eigenvalue weighted by Gasteiger charge is 2.00. The molecule has 76 valence electrons. The lowest BCUT2D eigenvalue weighted by molar-refractivity contribution is -0.137. The SMILES string of the molecule is O=C(O)CCCc1c[nH]c(=O)c(Br)c1. The van der Waals surface area contributed by atoms with Crippen LogP contribution in [-0.4, -0.2) is 16.1 Å². The Morgan fingerprint density at radius 2 is 2.29 bits per heavy atom. The number of carboxylic acids is 1. The number of aliphatic carboxylic acids is 1. The number of pyridine rings is 1. The third kappa shape index (κ3) is 3.33. The Bertz CT molecular complexity index is 386. The molecule has 0 atom stereocenters. The molecule has 0 amide bonds. The van der Waals surface area contributed by atoms with Crippen molar-refractivity contribution in [3.05, 3.63) is 32.7 Å². The molecule has 0 radical (unpaired) electrons. The Labute approximate surface area is 89.1 Å². The third-order valence-electron chi connectivity index (χ3n) is 1.77. The fourth-order valence-corrected chi connectivity index (χ4v) is 1.49. The minimum atomic E-state index is -0.798. The van der Waals surface area contributed by atoms with Gasteiger partial charge >= 0.3 is 5.97 Å². The Morgan fingerprint density at radius 1 is 1.57 bits per heavy atom. The Balaban J connectivity index is 2.56. The maximum absolute atomic E-state index is 11.0. The quantitative estimate of drug-likeness (QED) is 0.862. The van der Waals surface area contributed by atoms with Gasteiger partial charge in [-0.05, 0) is 40.4 Å². The highest BCUT2D eigenvalue weighted by atomic mass is 79.9. The normalized spacial score (nSPS) is 10.1. The summed E-state index contributed by atoms with van der Waals surface area (Å²) in [6, 6.07) is 1.71. The molecule has 0 saturated heterocycles. The van der Waals surface area contributed by atoms with E-state index in [1.165, 1.54) is 0 Å². The first-order valence-corrected chi connectivity index (χ1v) is 4.98. The molecule has 1 heterocycles. The first-order valence-electron chi connectivity index (χ1n) is 4.18. The second-order valence-electron chi connectivity index (χ2n) is 2.93. The fourth-order valence-electron chi connectivity index (χ4n) is 1.09. The molecule has 1 aromatic heterocycles. The maximum atomic E-state index is 11.0. The van der Waals surface area contributed by atoms with Crippen molar-refractivity contribution >= 4 is 21.9 Å². The van der Waals surface area contributed by atoms with E-state index in [4.69, 9.17) is 5.11 Å². The number of hydrogen-bond donors (Lipinski definition) is 2. The van der Waals surface area contributed by atoms with Crippen LogP contribution in [0, 0.1) is 0 Å². The summed E-state index contributed by atoms with van der Waals surface area (Å²) in [5.74, 6) is -0.798. The second kappa shape index (κ2) is 4.95. The van der Waals surface area contributed by atoms with E-state index in [0.29, 0.717) is 17.3 Å². The van der Waals surface area contributed by atoms with Crippen LogP contribution in [0.1, 0.15) is 18.4 Å². The maximum Gasteiger partial charge on any atom is 0.303 e. The lowest BCUT2D eigenvalue weighted by Gasteiger charge is -1.99. The highest BCUT2D eigenvalue weighted by Crippen LogP contribution is 2.08. The lowest BCUT2D eigenvalue weighted by atomic mass is 10.1. The summed E-state index contributed by atoms with van der Waals surface area (Å²) in [5.41, 5.74) is 0.754. The van der Waals surface area contributed by atoms with Crippen molar-refractivity contribution in [2.24, 2.45) is 0 Å². The van der Waals surface area contributed by atoms with E-state index >= 15 is 0 Å². The zero-order chi connectivity index (χ0) is 10.6. The van der Waals surface area contributed by atoms with Crippen molar-refractivity contribution in [2.75, 3.05) is 0 Å². The first kappa shape index (κ1) is 11.0. The van der Waals surface area contributed by atoms with Gasteiger partial charge in [-0.3, -0.25) is 9.59 Å². The van der Waals surface area contributed by atoms with Gasteiger partial charge in [0.2, 0.25) is 0 Å². The molecule has 14 heavy (non-hydrogen) atoms. The molecule has 1 rings (SSSR count). The molecular formula is C9H10BrNO3. The summed E-state index contributed by atoms with van der Waals surface area (Å²) in [6.45, 7) is 0. The highest BCUT2D eigenvalue weighted by molar-refractivity contribution is 9.10. The molecule has 0 saturated carbocycles. The van der Waals surface area contributed by atoms with Crippen molar-refractivity contribution in [1.29, 1.82) is 0 Å². The van der Waals surface area contributed by atoms with Crippen molar-refractivity contribution < 1.29 is 9.90 Å². The number of carbonyl (C=O) groups is 1. The topological polar surface area (TPSA) is 70.2 Å². The van der Waals surface area contributed by atoms with Crippen LogP contribution in [-0.2, 0) is 11.2 Å². The number of aromatic amines is 1. The van der Waals surface area contributed by atoms with Crippen LogP contribution in [0.25, 0.3) is 0 Å². The van der Waals surface area contributed by atoms with E-state index < -0.39 is 5.97 Å². The average molecular weight is 260 g/mol. The summed E-state index contributed by atoms with van der Waals surface area (Å²) in [6.07, 6.45) is 2.99. The Kier molecular flexibility index (Phi) is 3.88. The molecule has 0 spiro atoms. The van der Waals surface area contributed by atoms with Crippen LogP contribution in [0.5, 0.6) is 0 Å². The number of halogens is 1. The minimum Gasteiger partial charge on any atom is -0.481 e. The average Bonchev–Trinajstić information content (AvgIpc) is 2.10. The van der Waals surface area contributed by atoms with Crippen LogP contribution in [0.4, 0.5) is 0 Å². The van der Waals surface area contributed by atoms with E-state index in [9.17, 15) is 9.59 Å². The number of rotatable bonds is 4. The molecule has 1 aromatic rings. The zero-order valence-corrected chi connectivity index (χ0v) is 9.00. The summed E-state index contributed by atoms with van der Waals surface area (Å²) >= 11 is 3.11. The van der Waals surface area contributed by atoms with Gasteiger partial charge < -0.3 is 10.1 Å². The van der Waals surface area contributed by atoms with Crippen molar-refractivity contribution in [3.63, 3.8) is 0 Å². The van der Waals surface area contributed by atoms with E-state index in [-0.39, 0.29) is 12.0 Å². The van der Waals surface area contributed by atoms with Crippen LogP contribution in [0.2, 0.25) is 0 Å². The van der Waals surface area contributed by atoms with Crippen molar-refractivity contribution in [1.82, 2.24) is 4.98 Å². The van der Waals surface area contributed by atoms with Crippen molar-refractivity contribution in [3.8, 4) is 0 Å². The van der Waals surface area contributed by atoms with Crippen molar-refractivity contribution in [2.45, 2.75) is 19.3 Å². The first-order chi connectivity index (χ1) is 6.59. The second-order valence-corrected chi connectivity index (χ2v) is 3.79. The van der Waals surface area contributed by atoms with Gasteiger partial charge in [0, 0.05) is 12.6 Å². The molecule has 0 aliphatic rings. The van der Waals surface area contributed by atoms with Gasteiger partial charge in [0.25, 0.3) is 5.56 Å². The smallest absolute Gasteiger partial charge is 0.303 e. The van der Waals surface area contributed by atoms with Gasteiger partial charge in [-0.1, -0.05) is 0 Å². The van der Waals surface area contributed by atoms with Gasteiger partial charge in [0.1, 0.15) is 0 Å². The molecular weight excluding hydrogens is 250 g/mol. The number of hydrogen-bond acceptors (Lipinski definition) is 2. The molecule has 4 nitrogen and oxygen atoms in total. The number of aromatic nitrogens is 1. The summed E-state index contributed by atoms with van der Waals surface area (Å²) in [4.78, 5) is 23.8. The monoisotopic (exact) mass is 259 g/mol. The molecule has 0 aromatic carbocycles. The molecule has 0 fully saturated rings. The van der Waals surface area contributed by atoms with E-state index in [2.05, 4.69) is 20.9 Å². The molecule has 5 heteroatoms. The van der Waals surface area contributed by atoms with Gasteiger partial charge in [-0.25, -0.2) is 0 Å². The third-order valence-corrected chi connectivity index (χ3v) is 2.36. The predicted molar refractivity (Wildman–Crippen MR) is 55.3 cm³/mol. The van der Waals surface area contributed by atoms with Gasteiger partial charge in [0.15, 0.2) is 0 Å². The van der Waals surface area contributed by atoms with E-state index in [0.717, 1.165) is 5.56 Å². The Hall–Kier alpha value is -1.10. The largest absolute Gasteiger partial charge is 0.481 e. The molecule has 0 aliphatic carbocycles.